The van der Waals surface area contributed by atoms with E-state index in [1.54, 1.807) is 17.1 Å². The molecule has 0 amide bonds. The lowest BCUT2D eigenvalue weighted by Gasteiger charge is -2.29. The molecule has 7 heteroatoms. The van der Waals surface area contributed by atoms with Crippen LogP contribution in [-0.4, -0.2) is 39.0 Å². The van der Waals surface area contributed by atoms with Gasteiger partial charge in [-0.25, -0.2) is 9.97 Å². The first-order valence-corrected chi connectivity index (χ1v) is 11.9. The molecule has 5 rings (SSSR count). The van der Waals surface area contributed by atoms with Crippen LogP contribution in [0.1, 0.15) is 47.1 Å². The molecule has 1 saturated carbocycles. The highest BCUT2D eigenvalue weighted by Crippen LogP contribution is 2.52. The van der Waals surface area contributed by atoms with Crippen molar-refractivity contribution in [2.75, 3.05) is 13.2 Å². The smallest absolute Gasteiger partial charge is 0.257 e. The van der Waals surface area contributed by atoms with Gasteiger partial charge in [-0.05, 0) is 67.7 Å². The summed E-state index contributed by atoms with van der Waals surface area (Å²) in [5.41, 5.74) is 5.78. The Hall–Kier alpha value is -2.54. The number of halogens is 1. The number of ether oxygens (including phenoxy) is 1. The van der Waals surface area contributed by atoms with Gasteiger partial charge in [-0.3, -0.25) is 9.36 Å². The Kier molecular flexibility index (Phi) is 6.08. The summed E-state index contributed by atoms with van der Waals surface area (Å²) < 4.78 is 6.89. The number of nitrogens with zero attached hydrogens (tertiary/aromatic N) is 3. The third kappa shape index (κ3) is 4.23. The average Bonchev–Trinajstić information content (AvgIpc) is 3.58. The van der Waals surface area contributed by atoms with Crippen molar-refractivity contribution in [2.24, 2.45) is 5.92 Å². The molecule has 6 nitrogen and oxygen atoms in total. The highest BCUT2D eigenvalue weighted by molar-refractivity contribution is 6.30. The summed E-state index contributed by atoms with van der Waals surface area (Å²) in [6.45, 7) is 4.62. The van der Waals surface area contributed by atoms with Gasteiger partial charge in [0.25, 0.3) is 5.56 Å². The Labute approximate surface area is 198 Å². The Balaban J connectivity index is 1.43. The molecule has 2 aromatic heterocycles. The molecular weight excluding hydrogens is 438 g/mol. The van der Waals surface area contributed by atoms with Gasteiger partial charge in [-0.2, -0.15) is 0 Å². The van der Waals surface area contributed by atoms with E-state index >= 15 is 0 Å². The molecular formula is C26H28ClN3O3. The van der Waals surface area contributed by atoms with Crippen LogP contribution in [0.25, 0.3) is 11.3 Å². The summed E-state index contributed by atoms with van der Waals surface area (Å²) in [7, 11) is 0. The maximum atomic E-state index is 13.2. The maximum Gasteiger partial charge on any atom is 0.257 e. The fraction of sp³-hybridized carbons (Fsp3) is 0.423. The van der Waals surface area contributed by atoms with E-state index < -0.39 is 6.10 Å². The van der Waals surface area contributed by atoms with Crippen molar-refractivity contribution in [3.05, 3.63) is 80.6 Å². The van der Waals surface area contributed by atoms with Crippen molar-refractivity contribution in [1.82, 2.24) is 14.5 Å². The first-order valence-electron chi connectivity index (χ1n) is 11.5. The molecule has 172 valence electrons. The van der Waals surface area contributed by atoms with Gasteiger partial charge in [0, 0.05) is 23.9 Å². The van der Waals surface area contributed by atoms with Crippen molar-refractivity contribution >= 4 is 11.6 Å². The van der Waals surface area contributed by atoms with Gasteiger partial charge in [0.05, 0.1) is 30.8 Å². The molecule has 33 heavy (non-hydrogen) atoms. The second-order valence-corrected chi connectivity index (χ2v) is 9.57. The summed E-state index contributed by atoms with van der Waals surface area (Å²) in [5.74, 6) is 0.954. The van der Waals surface area contributed by atoms with Crippen molar-refractivity contribution < 1.29 is 9.84 Å². The largest absolute Gasteiger partial charge is 0.389 e. The molecule has 0 radical (unpaired) electrons. The first kappa shape index (κ1) is 22.3. The molecule has 1 aliphatic carbocycles. The van der Waals surface area contributed by atoms with E-state index in [4.69, 9.17) is 21.3 Å². The number of aromatic nitrogens is 3. The second kappa shape index (κ2) is 9.01. The van der Waals surface area contributed by atoms with Gasteiger partial charge in [0.15, 0.2) is 0 Å². The zero-order chi connectivity index (χ0) is 23.1. The molecule has 0 bridgehead atoms. The third-order valence-corrected chi connectivity index (χ3v) is 7.53. The van der Waals surface area contributed by atoms with Crippen LogP contribution < -0.4 is 5.56 Å². The van der Waals surface area contributed by atoms with E-state index in [2.05, 4.69) is 29.2 Å². The predicted molar refractivity (Wildman–Crippen MR) is 128 cm³/mol. The van der Waals surface area contributed by atoms with Crippen LogP contribution in [0.3, 0.4) is 0 Å². The molecule has 4 unspecified atom stereocenters. The molecule has 0 spiro atoms. The van der Waals surface area contributed by atoms with Crippen molar-refractivity contribution in [3.63, 3.8) is 0 Å². The SMILES string of the molecule is Cc1c(CC2CC2c2ccccc2-c2ncn(C3CCOCC3O)c(=O)c2C)ccnc1Cl. The van der Waals surface area contributed by atoms with Crippen LogP contribution in [0.2, 0.25) is 5.15 Å². The quantitative estimate of drug-likeness (QED) is 0.570. The van der Waals surface area contributed by atoms with E-state index in [9.17, 15) is 9.90 Å². The predicted octanol–water partition coefficient (Wildman–Crippen LogP) is 4.24. The number of pyridine rings is 1. The van der Waals surface area contributed by atoms with E-state index in [-0.39, 0.29) is 18.2 Å². The molecule has 3 aromatic rings. The fourth-order valence-corrected chi connectivity index (χ4v) is 5.23. The zero-order valence-electron chi connectivity index (χ0n) is 18.9. The Morgan fingerprint density at radius 3 is 2.82 bits per heavy atom. The third-order valence-electron chi connectivity index (χ3n) is 7.14. The van der Waals surface area contributed by atoms with Crippen molar-refractivity contribution in [3.8, 4) is 11.3 Å². The van der Waals surface area contributed by atoms with Crippen LogP contribution in [0.4, 0.5) is 0 Å². The van der Waals surface area contributed by atoms with E-state index in [0.717, 1.165) is 29.7 Å². The van der Waals surface area contributed by atoms with Crippen LogP contribution in [0, 0.1) is 19.8 Å². The van der Waals surface area contributed by atoms with Crippen molar-refractivity contribution in [2.45, 2.75) is 51.2 Å². The normalized spacial score (nSPS) is 24.6. The minimum Gasteiger partial charge on any atom is -0.389 e. The Bertz CT molecular complexity index is 1240. The minimum atomic E-state index is -0.701. The van der Waals surface area contributed by atoms with E-state index in [0.29, 0.717) is 35.6 Å². The molecule has 4 atom stereocenters. The summed E-state index contributed by atoms with van der Waals surface area (Å²) in [5, 5.41) is 10.9. The molecule has 1 saturated heterocycles. The van der Waals surface area contributed by atoms with Gasteiger partial charge in [-0.15, -0.1) is 0 Å². The van der Waals surface area contributed by atoms with Gasteiger partial charge in [0.2, 0.25) is 0 Å². The lowest BCUT2D eigenvalue weighted by molar-refractivity contribution is -0.0396. The Morgan fingerprint density at radius 2 is 2.00 bits per heavy atom. The Morgan fingerprint density at radius 1 is 1.18 bits per heavy atom. The fourth-order valence-electron chi connectivity index (χ4n) is 5.05. The number of aliphatic hydroxyl groups excluding tert-OH is 1. The molecule has 2 fully saturated rings. The number of hydrogen-bond donors (Lipinski definition) is 1. The van der Waals surface area contributed by atoms with Gasteiger partial charge >= 0.3 is 0 Å². The molecule has 3 heterocycles. The summed E-state index contributed by atoms with van der Waals surface area (Å²) in [6.07, 6.45) is 5.32. The monoisotopic (exact) mass is 465 g/mol. The zero-order valence-corrected chi connectivity index (χ0v) is 19.6. The van der Waals surface area contributed by atoms with Crippen LogP contribution in [-0.2, 0) is 11.2 Å². The lowest BCUT2D eigenvalue weighted by Crippen LogP contribution is -2.39. The number of aliphatic hydroxyl groups is 1. The summed E-state index contributed by atoms with van der Waals surface area (Å²) >= 11 is 6.21. The number of rotatable bonds is 5. The topological polar surface area (TPSA) is 77.2 Å². The lowest BCUT2D eigenvalue weighted by atomic mass is 9.95. The summed E-state index contributed by atoms with van der Waals surface area (Å²) in [4.78, 5) is 22.1. The van der Waals surface area contributed by atoms with Gasteiger partial charge in [-0.1, -0.05) is 35.9 Å². The molecule has 1 aliphatic heterocycles. The van der Waals surface area contributed by atoms with Crippen LogP contribution in [0.5, 0.6) is 0 Å². The van der Waals surface area contributed by atoms with Crippen molar-refractivity contribution in [1.29, 1.82) is 0 Å². The molecule has 2 aliphatic rings. The average molecular weight is 466 g/mol. The molecule has 1 aromatic carbocycles. The standard InChI is InChI=1S/C26H28ClN3O3/c1-15-17(7-9-28-25(15)27)11-18-12-21(18)19-5-3-4-6-20(19)24-16(2)26(32)30(14-29-24)22-8-10-33-13-23(22)31/h3-7,9,14,18,21-23,31H,8,10-13H2,1-2H3. The first-order chi connectivity index (χ1) is 16.0. The van der Waals surface area contributed by atoms with Crippen LogP contribution in [0.15, 0.2) is 47.7 Å². The highest BCUT2D eigenvalue weighted by Gasteiger charge is 2.40. The highest BCUT2D eigenvalue weighted by atomic mass is 35.5. The second-order valence-electron chi connectivity index (χ2n) is 9.21. The van der Waals surface area contributed by atoms with Gasteiger partial charge in [0.1, 0.15) is 5.15 Å². The van der Waals surface area contributed by atoms with E-state index in [1.807, 2.05) is 19.9 Å². The van der Waals surface area contributed by atoms with Crippen LogP contribution >= 0.6 is 11.6 Å². The number of benzene rings is 1. The number of hydrogen-bond acceptors (Lipinski definition) is 5. The van der Waals surface area contributed by atoms with Gasteiger partial charge < -0.3 is 9.84 Å². The molecule has 1 N–H and O–H groups in total. The summed E-state index contributed by atoms with van der Waals surface area (Å²) in [6, 6.07) is 10.0. The minimum absolute atomic E-state index is 0.102. The van der Waals surface area contributed by atoms with E-state index in [1.165, 1.54) is 11.1 Å². The maximum absolute atomic E-state index is 13.2.